The predicted octanol–water partition coefficient (Wildman–Crippen LogP) is 3.00. The molecule has 0 saturated heterocycles. The number of carbonyl (C=O) groups excluding carboxylic acids is 1. The Morgan fingerprint density at radius 1 is 1.43 bits per heavy atom. The molecule has 0 bridgehead atoms. The van der Waals surface area contributed by atoms with Crippen molar-refractivity contribution in [1.82, 2.24) is 15.2 Å². The molecule has 0 aliphatic heterocycles. The Balaban J connectivity index is 1.71. The van der Waals surface area contributed by atoms with Crippen molar-refractivity contribution < 1.29 is 9.90 Å². The van der Waals surface area contributed by atoms with Crippen LogP contribution >= 0.6 is 11.3 Å². The maximum absolute atomic E-state index is 12.2. The summed E-state index contributed by atoms with van der Waals surface area (Å²) >= 11 is 1.69. The van der Waals surface area contributed by atoms with Crippen LogP contribution in [-0.2, 0) is 6.42 Å². The molecule has 5 nitrogen and oxygen atoms in total. The molecule has 1 aromatic heterocycles. The van der Waals surface area contributed by atoms with Gasteiger partial charge in [-0.05, 0) is 31.6 Å². The van der Waals surface area contributed by atoms with Gasteiger partial charge in [0.15, 0.2) is 0 Å². The van der Waals surface area contributed by atoms with Crippen molar-refractivity contribution in [2.45, 2.75) is 57.9 Å². The Morgan fingerprint density at radius 2 is 2.13 bits per heavy atom. The van der Waals surface area contributed by atoms with E-state index in [1.54, 1.807) is 11.3 Å². The minimum Gasteiger partial charge on any atom is -0.396 e. The minimum absolute atomic E-state index is 0.00300. The fourth-order valence-electron chi connectivity index (χ4n) is 3.01. The summed E-state index contributed by atoms with van der Waals surface area (Å²) in [6, 6.07) is 0.293. The van der Waals surface area contributed by atoms with Crippen LogP contribution in [0.4, 0.5) is 4.79 Å². The minimum atomic E-state index is -0.00300. The molecule has 2 rings (SSSR count). The van der Waals surface area contributed by atoms with Gasteiger partial charge in [-0.15, -0.1) is 11.3 Å². The Labute approximate surface area is 143 Å². The van der Waals surface area contributed by atoms with Crippen LogP contribution in [0.3, 0.4) is 0 Å². The number of carbonyl (C=O) groups is 1. The van der Waals surface area contributed by atoms with Gasteiger partial charge in [0, 0.05) is 44.0 Å². The van der Waals surface area contributed by atoms with E-state index in [0.717, 1.165) is 42.8 Å². The Morgan fingerprint density at radius 3 is 2.70 bits per heavy atom. The lowest BCUT2D eigenvalue weighted by atomic mass is 9.86. The van der Waals surface area contributed by atoms with Gasteiger partial charge < -0.3 is 15.3 Å². The van der Waals surface area contributed by atoms with Crippen molar-refractivity contribution in [3.8, 4) is 0 Å². The average Bonchev–Trinajstić information content (AvgIpc) is 3.03. The molecular weight excluding hydrogens is 310 g/mol. The lowest BCUT2D eigenvalue weighted by Gasteiger charge is -2.34. The number of hydrogen-bond donors (Lipinski definition) is 2. The first-order valence-corrected chi connectivity index (χ1v) is 9.45. The van der Waals surface area contributed by atoms with Gasteiger partial charge in [-0.1, -0.05) is 13.8 Å². The van der Waals surface area contributed by atoms with Crippen LogP contribution < -0.4 is 5.32 Å². The molecule has 6 heteroatoms. The first-order valence-electron chi connectivity index (χ1n) is 8.57. The van der Waals surface area contributed by atoms with Crippen LogP contribution in [0.15, 0.2) is 5.38 Å². The van der Waals surface area contributed by atoms with Gasteiger partial charge in [0.05, 0.1) is 10.7 Å². The highest BCUT2D eigenvalue weighted by atomic mass is 32.1. The third-order valence-electron chi connectivity index (χ3n) is 4.66. The smallest absolute Gasteiger partial charge is 0.317 e. The van der Waals surface area contributed by atoms with Gasteiger partial charge in [0.2, 0.25) is 0 Å². The zero-order valence-corrected chi connectivity index (χ0v) is 15.2. The van der Waals surface area contributed by atoms with Crippen LogP contribution in [0, 0.1) is 5.92 Å². The highest BCUT2D eigenvalue weighted by Gasteiger charge is 2.26. The maximum atomic E-state index is 12.2. The summed E-state index contributed by atoms with van der Waals surface area (Å²) in [5, 5.41) is 15.4. The Kier molecular flexibility index (Phi) is 6.84. The molecule has 2 N–H and O–H groups in total. The second-order valence-electron chi connectivity index (χ2n) is 6.78. The quantitative estimate of drug-likeness (QED) is 0.837. The molecule has 1 heterocycles. The lowest BCUT2D eigenvalue weighted by Crippen LogP contribution is -2.45. The zero-order valence-electron chi connectivity index (χ0n) is 14.4. The molecule has 1 aromatic rings. The summed E-state index contributed by atoms with van der Waals surface area (Å²) < 4.78 is 0. The van der Waals surface area contributed by atoms with E-state index in [1.807, 2.05) is 11.9 Å². The van der Waals surface area contributed by atoms with Crippen molar-refractivity contribution in [2.24, 2.45) is 5.92 Å². The molecule has 0 spiro atoms. The van der Waals surface area contributed by atoms with Crippen molar-refractivity contribution in [3.63, 3.8) is 0 Å². The number of nitrogens with zero attached hydrogens (tertiary/aromatic N) is 2. The van der Waals surface area contributed by atoms with Crippen LogP contribution in [0.25, 0.3) is 0 Å². The largest absolute Gasteiger partial charge is 0.396 e. The van der Waals surface area contributed by atoms with Gasteiger partial charge in [0.1, 0.15) is 0 Å². The summed E-state index contributed by atoms with van der Waals surface area (Å²) in [5.41, 5.74) is 1.06. The Hall–Kier alpha value is -1.14. The van der Waals surface area contributed by atoms with Crippen molar-refractivity contribution in [3.05, 3.63) is 16.1 Å². The Bertz CT molecular complexity index is 496. The topological polar surface area (TPSA) is 65.5 Å². The SMILES string of the molecule is CC(C)c1nc(CCNC(=O)N(C)C2CCC(CO)CC2)cs1. The van der Waals surface area contributed by atoms with Gasteiger partial charge in [0.25, 0.3) is 0 Å². The third-order valence-corrected chi connectivity index (χ3v) is 5.86. The highest BCUT2D eigenvalue weighted by molar-refractivity contribution is 7.09. The fourth-order valence-corrected chi connectivity index (χ4v) is 3.87. The number of rotatable bonds is 6. The highest BCUT2D eigenvalue weighted by Crippen LogP contribution is 2.26. The molecule has 0 aromatic carbocycles. The van der Waals surface area contributed by atoms with E-state index in [2.05, 4.69) is 29.5 Å². The van der Waals surface area contributed by atoms with E-state index in [9.17, 15) is 9.90 Å². The predicted molar refractivity (Wildman–Crippen MR) is 93.9 cm³/mol. The molecule has 130 valence electrons. The number of urea groups is 1. The summed E-state index contributed by atoms with van der Waals surface area (Å²) in [6.45, 7) is 5.18. The summed E-state index contributed by atoms with van der Waals surface area (Å²) in [6.07, 6.45) is 4.77. The van der Waals surface area contributed by atoms with E-state index < -0.39 is 0 Å². The molecule has 2 amide bonds. The molecule has 1 aliphatic rings. The summed E-state index contributed by atoms with van der Waals surface area (Å²) in [7, 11) is 1.87. The van der Waals surface area contributed by atoms with E-state index in [4.69, 9.17) is 0 Å². The monoisotopic (exact) mass is 339 g/mol. The lowest BCUT2D eigenvalue weighted by molar-refractivity contribution is 0.134. The first-order chi connectivity index (χ1) is 11.0. The van der Waals surface area contributed by atoms with E-state index in [0.29, 0.717) is 24.4 Å². The van der Waals surface area contributed by atoms with Gasteiger partial charge in [-0.3, -0.25) is 0 Å². The number of amides is 2. The van der Waals surface area contributed by atoms with E-state index in [1.165, 1.54) is 0 Å². The van der Waals surface area contributed by atoms with Crippen LogP contribution in [0.2, 0.25) is 0 Å². The van der Waals surface area contributed by atoms with Crippen molar-refractivity contribution >= 4 is 17.4 Å². The van der Waals surface area contributed by atoms with E-state index in [-0.39, 0.29) is 12.6 Å². The van der Waals surface area contributed by atoms with Gasteiger partial charge >= 0.3 is 6.03 Å². The standard InChI is InChI=1S/C17H29N3O2S/c1-12(2)16-19-14(11-23-16)8-9-18-17(22)20(3)15-6-4-13(10-21)5-7-15/h11-13,15,21H,4-10H2,1-3H3,(H,18,22). The number of thiazole rings is 1. The number of aliphatic hydroxyl groups is 1. The fraction of sp³-hybridized carbons (Fsp3) is 0.765. The molecular formula is C17H29N3O2S. The molecule has 0 unspecified atom stereocenters. The second-order valence-corrected chi connectivity index (χ2v) is 7.67. The maximum Gasteiger partial charge on any atom is 0.317 e. The molecule has 1 fully saturated rings. The number of nitrogens with one attached hydrogen (secondary N) is 1. The first kappa shape index (κ1) is 18.2. The molecule has 1 aliphatic carbocycles. The molecule has 23 heavy (non-hydrogen) atoms. The number of aromatic nitrogens is 1. The van der Waals surface area contributed by atoms with Crippen molar-refractivity contribution in [1.29, 1.82) is 0 Å². The number of hydrogen-bond acceptors (Lipinski definition) is 4. The third kappa shape index (κ3) is 5.18. The molecule has 0 atom stereocenters. The van der Waals surface area contributed by atoms with E-state index >= 15 is 0 Å². The van der Waals surface area contributed by atoms with Crippen molar-refractivity contribution in [2.75, 3.05) is 20.2 Å². The van der Waals surface area contributed by atoms with Crippen LogP contribution in [-0.4, -0.2) is 47.3 Å². The summed E-state index contributed by atoms with van der Waals surface area (Å²) in [5.74, 6) is 0.881. The van der Waals surface area contributed by atoms with Gasteiger partial charge in [-0.2, -0.15) is 0 Å². The van der Waals surface area contributed by atoms with Gasteiger partial charge in [-0.25, -0.2) is 9.78 Å². The van der Waals surface area contributed by atoms with Crippen LogP contribution in [0.1, 0.15) is 56.2 Å². The average molecular weight is 340 g/mol. The number of aliphatic hydroxyl groups excluding tert-OH is 1. The molecule has 1 saturated carbocycles. The summed E-state index contributed by atoms with van der Waals surface area (Å²) in [4.78, 5) is 18.7. The van der Waals surface area contributed by atoms with Crippen LogP contribution in [0.5, 0.6) is 0 Å². The second kappa shape index (κ2) is 8.64. The zero-order chi connectivity index (χ0) is 16.8. The normalized spacial score (nSPS) is 21.4. The molecule has 0 radical (unpaired) electrons.